The minimum atomic E-state index is -0.400. The summed E-state index contributed by atoms with van der Waals surface area (Å²) in [6, 6.07) is 0. The Labute approximate surface area is 108 Å². The molecule has 0 aromatic rings. The van der Waals surface area contributed by atoms with Gasteiger partial charge in [-0.3, -0.25) is 19.2 Å². The Balaban J connectivity index is 2.16. The number of likely N-dealkylation sites (N-methyl/N-ethyl adjacent to an activating group) is 1. The SMILES string of the molecule is CN1C2=C([C]C3=C1C(=O)C=CC3=O)C(=O)C=CC2=O. The number of carbonyl (C=O) groups is 4. The summed E-state index contributed by atoms with van der Waals surface area (Å²) in [5, 5.41) is 0. The Hall–Kier alpha value is -2.56. The van der Waals surface area contributed by atoms with Gasteiger partial charge in [0, 0.05) is 18.2 Å². The summed E-state index contributed by atoms with van der Waals surface area (Å²) in [5.74, 6) is -1.57. The van der Waals surface area contributed by atoms with Crippen LogP contribution in [0, 0.1) is 6.42 Å². The zero-order chi connectivity index (χ0) is 13.7. The van der Waals surface area contributed by atoms with Gasteiger partial charge in [-0.1, -0.05) is 0 Å². The Morgan fingerprint density at radius 1 is 0.737 bits per heavy atom. The molecule has 0 unspecified atom stereocenters. The molecule has 0 amide bonds. The fourth-order valence-electron chi connectivity index (χ4n) is 2.25. The third-order valence-corrected chi connectivity index (χ3v) is 3.13. The highest BCUT2D eigenvalue weighted by Gasteiger charge is 2.38. The second-order valence-electron chi connectivity index (χ2n) is 4.25. The minimum Gasteiger partial charge on any atom is -0.338 e. The average molecular weight is 253 g/mol. The quantitative estimate of drug-likeness (QED) is 0.565. The molecule has 0 saturated heterocycles. The van der Waals surface area contributed by atoms with Crippen molar-refractivity contribution in [3.05, 3.63) is 53.3 Å². The molecule has 0 fully saturated rings. The number of nitrogens with zero attached hydrogens (tertiary/aromatic N) is 1. The molecule has 0 aromatic heterocycles. The summed E-state index contributed by atoms with van der Waals surface area (Å²) in [6.45, 7) is 0. The zero-order valence-electron chi connectivity index (χ0n) is 9.89. The van der Waals surface area contributed by atoms with Crippen molar-refractivity contribution in [3.63, 3.8) is 0 Å². The molecule has 3 aliphatic rings. The molecule has 0 spiro atoms. The lowest BCUT2D eigenvalue weighted by atomic mass is 9.84. The van der Waals surface area contributed by atoms with E-state index in [9.17, 15) is 19.2 Å². The summed E-state index contributed by atoms with van der Waals surface area (Å²) < 4.78 is 0. The first-order valence-electron chi connectivity index (χ1n) is 5.53. The van der Waals surface area contributed by atoms with E-state index in [0.29, 0.717) is 0 Å². The van der Waals surface area contributed by atoms with Crippen LogP contribution in [0.25, 0.3) is 0 Å². The highest BCUT2D eigenvalue weighted by atomic mass is 16.1. The summed E-state index contributed by atoms with van der Waals surface area (Å²) in [6.07, 6.45) is 7.19. The van der Waals surface area contributed by atoms with E-state index in [0.717, 1.165) is 24.3 Å². The van der Waals surface area contributed by atoms with Gasteiger partial charge in [0.05, 0.1) is 17.8 Å². The van der Waals surface area contributed by atoms with Crippen LogP contribution in [-0.4, -0.2) is 35.1 Å². The van der Waals surface area contributed by atoms with Crippen molar-refractivity contribution in [1.29, 1.82) is 0 Å². The van der Waals surface area contributed by atoms with E-state index >= 15 is 0 Å². The standard InChI is InChI=1S/C14H7NO4/c1-15-13-7(9(16)2-4-11(13)18)6-8-10(17)3-5-12(19)14(8)15/h2-5H,1H3. The summed E-state index contributed by atoms with van der Waals surface area (Å²) in [7, 11) is 1.49. The van der Waals surface area contributed by atoms with Crippen LogP contribution in [0.5, 0.6) is 0 Å². The molecule has 1 aliphatic heterocycles. The Morgan fingerprint density at radius 3 is 1.53 bits per heavy atom. The van der Waals surface area contributed by atoms with Crippen molar-refractivity contribution in [2.24, 2.45) is 0 Å². The van der Waals surface area contributed by atoms with E-state index in [4.69, 9.17) is 0 Å². The van der Waals surface area contributed by atoms with Crippen molar-refractivity contribution in [3.8, 4) is 0 Å². The van der Waals surface area contributed by atoms with Gasteiger partial charge in [-0.25, -0.2) is 0 Å². The fraction of sp³-hybridized carbons (Fsp3) is 0.0714. The van der Waals surface area contributed by atoms with Crippen molar-refractivity contribution in [2.75, 3.05) is 7.05 Å². The summed E-state index contributed by atoms with van der Waals surface area (Å²) in [4.78, 5) is 48.5. The Kier molecular flexibility index (Phi) is 2.25. The van der Waals surface area contributed by atoms with Gasteiger partial charge in [0.1, 0.15) is 0 Å². The monoisotopic (exact) mass is 253 g/mol. The van der Waals surface area contributed by atoms with Crippen molar-refractivity contribution in [2.45, 2.75) is 0 Å². The predicted molar refractivity (Wildman–Crippen MR) is 63.4 cm³/mol. The first-order valence-corrected chi connectivity index (χ1v) is 5.53. The van der Waals surface area contributed by atoms with E-state index in [1.165, 1.54) is 11.9 Å². The van der Waals surface area contributed by atoms with Crippen LogP contribution >= 0.6 is 0 Å². The van der Waals surface area contributed by atoms with Crippen LogP contribution in [0.2, 0.25) is 0 Å². The fourth-order valence-corrected chi connectivity index (χ4v) is 2.25. The van der Waals surface area contributed by atoms with Gasteiger partial charge in [-0.15, -0.1) is 0 Å². The third kappa shape index (κ3) is 1.48. The number of hydrogen-bond acceptors (Lipinski definition) is 5. The molecule has 0 saturated carbocycles. The van der Waals surface area contributed by atoms with Gasteiger partial charge in [0.25, 0.3) is 0 Å². The van der Waals surface area contributed by atoms with Crippen LogP contribution in [-0.2, 0) is 19.2 Å². The molecule has 3 rings (SSSR count). The maximum Gasteiger partial charge on any atom is 0.202 e. The zero-order valence-corrected chi connectivity index (χ0v) is 9.89. The first kappa shape index (κ1) is 11.5. The minimum absolute atomic E-state index is 0.0326. The lowest BCUT2D eigenvalue weighted by Crippen LogP contribution is -2.37. The molecule has 2 radical (unpaired) electrons. The summed E-state index contributed by atoms with van der Waals surface area (Å²) >= 11 is 0. The van der Waals surface area contributed by atoms with Crippen LogP contribution in [0.4, 0.5) is 0 Å². The molecular formula is C14H7NO4. The molecule has 19 heavy (non-hydrogen) atoms. The van der Waals surface area contributed by atoms with E-state index in [1.54, 1.807) is 0 Å². The lowest BCUT2D eigenvalue weighted by molar-refractivity contribution is -0.118. The number of rotatable bonds is 0. The molecule has 92 valence electrons. The van der Waals surface area contributed by atoms with Crippen LogP contribution < -0.4 is 0 Å². The maximum absolute atomic E-state index is 11.8. The molecule has 2 aliphatic carbocycles. The van der Waals surface area contributed by atoms with Crippen LogP contribution in [0.1, 0.15) is 0 Å². The third-order valence-electron chi connectivity index (χ3n) is 3.13. The van der Waals surface area contributed by atoms with Gasteiger partial charge >= 0.3 is 0 Å². The van der Waals surface area contributed by atoms with Gasteiger partial charge in [0.15, 0.2) is 11.6 Å². The van der Waals surface area contributed by atoms with E-state index < -0.39 is 11.6 Å². The van der Waals surface area contributed by atoms with Crippen LogP contribution in [0.3, 0.4) is 0 Å². The molecule has 0 N–H and O–H groups in total. The molecule has 5 heteroatoms. The van der Waals surface area contributed by atoms with Gasteiger partial charge in [0.2, 0.25) is 11.6 Å². The molecule has 0 atom stereocenters. The van der Waals surface area contributed by atoms with Crippen molar-refractivity contribution >= 4 is 23.1 Å². The van der Waals surface area contributed by atoms with Crippen molar-refractivity contribution < 1.29 is 19.2 Å². The van der Waals surface area contributed by atoms with E-state index in [-0.39, 0.29) is 34.1 Å². The number of hydrogen-bond donors (Lipinski definition) is 0. The number of carbonyl (C=O) groups excluding carboxylic acids is 4. The highest BCUT2D eigenvalue weighted by Crippen LogP contribution is 2.34. The average Bonchev–Trinajstić information content (AvgIpc) is 2.38. The second-order valence-corrected chi connectivity index (χ2v) is 4.25. The van der Waals surface area contributed by atoms with Crippen molar-refractivity contribution in [1.82, 2.24) is 4.90 Å². The van der Waals surface area contributed by atoms with Crippen LogP contribution in [0.15, 0.2) is 46.8 Å². The Bertz CT molecular complexity index is 630. The van der Waals surface area contributed by atoms with E-state index in [1.807, 2.05) is 0 Å². The molecule has 1 heterocycles. The lowest BCUT2D eigenvalue weighted by Gasteiger charge is -2.32. The maximum atomic E-state index is 11.8. The molecule has 0 aromatic carbocycles. The smallest absolute Gasteiger partial charge is 0.202 e. The Morgan fingerprint density at radius 2 is 1.11 bits per heavy atom. The van der Waals surface area contributed by atoms with E-state index in [2.05, 4.69) is 6.42 Å². The second kappa shape index (κ2) is 3.71. The topological polar surface area (TPSA) is 71.5 Å². The largest absolute Gasteiger partial charge is 0.338 e. The van der Waals surface area contributed by atoms with Gasteiger partial charge in [-0.2, -0.15) is 0 Å². The molecule has 0 bridgehead atoms. The molecule has 5 nitrogen and oxygen atoms in total. The predicted octanol–water partition coefficient (Wildman–Crippen LogP) is -0.0627. The summed E-state index contributed by atoms with van der Waals surface area (Å²) in [5.41, 5.74) is 0.237. The number of allylic oxidation sites excluding steroid dienone is 6. The normalized spacial score (nSPS) is 22.3. The first-order chi connectivity index (χ1) is 9.00. The van der Waals surface area contributed by atoms with Gasteiger partial charge in [-0.05, 0) is 24.3 Å². The highest BCUT2D eigenvalue weighted by molar-refractivity contribution is 6.27. The number of ketones is 4. The molecular weight excluding hydrogens is 246 g/mol. The van der Waals surface area contributed by atoms with Gasteiger partial charge < -0.3 is 4.90 Å².